The van der Waals surface area contributed by atoms with Gasteiger partial charge in [-0.3, -0.25) is 24.0 Å². The molecule has 4 heterocycles. The largest absolute Gasteiger partial charge is 0.460 e. The Balaban J connectivity index is 0.980. The van der Waals surface area contributed by atoms with E-state index in [9.17, 15) is 24.3 Å². The van der Waals surface area contributed by atoms with Crippen molar-refractivity contribution in [3.63, 3.8) is 0 Å². The highest BCUT2D eigenvalue weighted by Gasteiger charge is 2.76. The molecule has 9 rings (SSSR count). The van der Waals surface area contributed by atoms with Gasteiger partial charge in [-0.1, -0.05) is 97.1 Å². The third kappa shape index (κ3) is 8.69. The van der Waals surface area contributed by atoms with Crippen LogP contribution in [0.4, 0.5) is 0 Å². The van der Waals surface area contributed by atoms with Gasteiger partial charge in [-0.25, -0.2) is 0 Å². The number of rotatable bonds is 15. The summed E-state index contributed by atoms with van der Waals surface area (Å²) >= 11 is 0. The van der Waals surface area contributed by atoms with Crippen molar-refractivity contribution in [3.8, 4) is 0 Å². The molecule has 0 radical (unpaired) electrons. The fourth-order valence-electron chi connectivity index (χ4n) is 10.2. The fraction of sp³-hybridized carbons (Fsp3) is 0.510. The lowest BCUT2D eigenvalue weighted by molar-refractivity contribution is -0.213. The molecule has 14 nitrogen and oxygen atoms in total. The topological polar surface area (TPSA) is 174 Å². The van der Waals surface area contributed by atoms with Crippen molar-refractivity contribution in [2.24, 2.45) is 11.3 Å². The Morgan fingerprint density at radius 3 is 2.30 bits per heavy atom. The van der Waals surface area contributed by atoms with Gasteiger partial charge in [0.15, 0.2) is 6.04 Å². The van der Waals surface area contributed by atoms with E-state index >= 15 is 0 Å². The van der Waals surface area contributed by atoms with Gasteiger partial charge in [0.25, 0.3) is 0 Å². The van der Waals surface area contributed by atoms with Crippen molar-refractivity contribution in [2.45, 2.75) is 132 Å². The highest BCUT2D eigenvalue weighted by Crippen LogP contribution is 2.59. The minimum absolute atomic E-state index is 0.0138. The van der Waals surface area contributed by atoms with Crippen molar-refractivity contribution in [3.05, 3.63) is 113 Å². The highest BCUT2D eigenvalue weighted by molar-refractivity contribution is 5.94. The number of carbonyl (C=O) groups excluding carboxylic acids is 4. The van der Waals surface area contributed by atoms with Crippen molar-refractivity contribution < 1.29 is 52.8 Å². The number of epoxide rings is 1. The summed E-state index contributed by atoms with van der Waals surface area (Å²) in [5, 5.41) is 17.3. The molecule has 2 bridgehead atoms. The van der Waals surface area contributed by atoms with Gasteiger partial charge in [0.2, 0.25) is 17.6 Å². The lowest BCUT2D eigenvalue weighted by atomic mass is 9.62. The Bertz CT molecular complexity index is 2160. The van der Waals surface area contributed by atoms with Crippen LogP contribution in [0, 0.1) is 11.3 Å². The molecule has 6 fully saturated rings. The zero-order chi connectivity index (χ0) is 43.9. The van der Waals surface area contributed by atoms with E-state index in [1.807, 2.05) is 84.9 Å². The number of carbonyl (C=O) groups is 4. The van der Waals surface area contributed by atoms with Crippen molar-refractivity contribution >= 4 is 29.8 Å². The molecule has 3 aromatic rings. The third-order valence-corrected chi connectivity index (χ3v) is 13.2. The number of hydrogen-bond donors (Lipinski definition) is 3. The molecule has 2 aliphatic carbocycles. The van der Waals surface area contributed by atoms with Crippen LogP contribution in [0.2, 0.25) is 0 Å². The predicted octanol–water partition coefficient (Wildman–Crippen LogP) is 4.86. The maximum atomic E-state index is 15.0. The van der Waals surface area contributed by atoms with E-state index in [0.29, 0.717) is 18.1 Å². The Hall–Kier alpha value is -4.96. The fourth-order valence-corrected chi connectivity index (χ4v) is 10.2. The molecule has 2 saturated carbocycles. The number of aliphatic hydroxyl groups excluding tert-OH is 1. The van der Waals surface area contributed by atoms with E-state index in [4.69, 9.17) is 28.5 Å². The van der Waals surface area contributed by atoms with Gasteiger partial charge in [-0.05, 0) is 63.5 Å². The van der Waals surface area contributed by atoms with E-state index < -0.39 is 77.1 Å². The second-order valence-electron chi connectivity index (χ2n) is 18.7. The molecule has 3 N–H and O–H groups in total. The van der Waals surface area contributed by atoms with E-state index in [1.54, 1.807) is 25.8 Å². The molecule has 334 valence electrons. The third-order valence-electron chi connectivity index (χ3n) is 13.2. The molecule has 63 heavy (non-hydrogen) atoms. The number of esters is 2. The van der Waals surface area contributed by atoms with Crippen molar-refractivity contribution in [1.82, 2.24) is 15.7 Å². The maximum absolute atomic E-state index is 15.0. The standard InChI is InChI=1S/C49H57N3O11/c1-47(2,3)60-40(55)23-21-35(29-53)51-39(54)24-25-50-46(57)48-27-38-41-42(62-49(61-41,33-14-6-4-7-15-33)34-16-8-5-9-17-34)44(48)63-52(43(48)45(56)59-38)28-32-13-11-10-12-31(32)20-18-30-19-22-36-37(26-30)58-36/h4-18,20,30,35-38,41-44,53H,19,21-29H2,1-3H3,(H,50,57)(H,51,54). The second-order valence-corrected chi connectivity index (χ2v) is 18.7. The Morgan fingerprint density at radius 2 is 1.60 bits per heavy atom. The molecule has 10 unspecified atom stereocenters. The number of ether oxygens (including phenoxy) is 5. The number of hydrogen-bond acceptors (Lipinski definition) is 12. The van der Waals surface area contributed by atoms with Crippen LogP contribution in [0.3, 0.4) is 0 Å². The SMILES string of the molecule is CC(C)(C)OC(=O)CCC(CO)NC(=O)CCNC(=O)C12CC3OC(=O)C1N(Cc1ccccc1C=CC1CCC4OC4C1)OC2C1OC(c2ccccc2)(c2ccccc2)OC31. The van der Waals surface area contributed by atoms with E-state index in [-0.39, 0.29) is 45.4 Å². The van der Waals surface area contributed by atoms with Crippen LogP contribution in [0.25, 0.3) is 6.08 Å². The predicted molar refractivity (Wildman–Crippen MR) is 228 cm³/mol. The first kappa shape index (κ1) is 43.3. The van der Waals surface area contributed by atoms with Crippen LogP contribution in [0.5, 0.6) is 0 Å². The molecule has 0 aromatic heterocycles. The Kier molecular flexibility index (Phi) is 12.1. The van der Waals surface area contributed by atoms with Crippen LogP contribution in [0.15, 0.2) is 91.0 Å². The van der Waals surface area contributed by atoms with E-state index in [0.717, 1.165) is 41.5 Å². The normalized spacial score (nSPS) is 30.8. The van der Waals surface area contributed by atoms with Gasteiger partial charge in [0, 0.05) is 36.9 Å². The summed E-state index contributed by atoms with van der Waals surface area (Å²) < 4.78 is 31.5. The van der Waals surface area contributed by atoms with Gasteiger partial charge >= 0.3 is 11.9 Å². The molecule has 4 saturated heterocycles. The summed E-state index contributed by atoms with van der Waals surface area (Å²) in [6.07, 6.45) is 4.96. The average molecular weight is 864 g/mol. The summed E-state index contributed by atoms with van der Waals surface area (Å²) in [5.74, 6) is -2.93. The number of nitrogens with one attached hydrogen (secondary N) is 2. The van der Waals surface area contributed by atoms with Gasteiger partial charge in [-0.15, -0.1) is 0 Å². The molecule has 10 atom stereocenters. The van der Waals surface area contributed by atoms with Crippen LogP contribution >= 0.6 is 0 Å². The first-order chi connectivity index (χ1) is 30.4. The van der Waals surface area contributed by atoms with Crippen LogP contribution in [-0.4, -0.2) is 101 Å². The summed E-state index contributed by atoms with van der Waals surface area (Å²) in [6, 6.07) is 25.3. The zero-order valence-electron chi connectivity index (χ0n) is 36.0. The van der Waals surface area contributed by atoms with Gasteiger partial charge in [-0.2, -0.15) is 5.06 Å². The maximum Gasteiger partial charge on any atom is 0.327 e. The molecule has 3 aromatic carbocycles. The number of allylic oxidation sites excluding steroid dienone is 1. The Morgan fingerprint density at radius 1 is 0.905 bits per heavy atom. The van der Waals surface area contributed by atoms with E-state index in [1.165, 1.54) is 0 Å². The zero-order valence-corrected chi connectivity index (χ0v) is 36.0. The Labute approximate surface area is 367 Å². The van der Waals surface area contributed by atoms with E-state index in [2.05, 4.69) is 22.8 Å². The molecule has 4 aliphatic heterocycles. The lowest BCUT2D eigenvalue weighted by Crippen LogP contribution is -2.69. The number of benzene rings is 3. The molecule has 14 heteroatoms. The smallest absolute Gasteiger partial charge is 0.327 e. The minimum Gasteiger partial charge on any atom is -0.460 e. The number of aliphatic hydroxyl groups is 1. The molecule has 0 spiro atoms. The van der Waals surface area contributed by atoms with Gasteiger partial charge in [0.1, 0.15) is 35.4 Å². The monoisotopic (exact) mass is 863 g/mol. The second kappa shape index (κ2) is 17.5. The number of nitrogens with zero attached hydrogens (tertiary/aromatic N) is 1. The van der Waals surface area contributed by atoms with Crippen LogP contribution in [-0.2, 0) is 60.0 Å². The summed E-state index contributed by atoms with van der Waals surface area (Å²) in [7, 11) is 0. The van der Waals surface area contributed by atoms with Gasteiger partial charge in [0.05, 0.1) is 31.4 Å². The quantitative estimate of drug-likeness (QED) is 0.140. The summed E-state index contributed by atoms with van der Waals surface area (Å²) in [5.41, 5.74) is 1.20. The first-order valence-electron chi connectivity index (χ1n) is 22.3. The van der Waals surface area contributed by atoms with Crippen LogP contribution in [0.1, 0.15) is 88.0 Å². The summed E-state index contributed by atoms with van der Waals surface area (Å²) in [6.45, 7) is 5.04. The number of amides is 2. The summed E-state index contributed by atoms with van der Waals surface area (Å²) in [4.78, 5) is 61.8. The number of fused-ring (bicyclic) bond motifs is 5. The molecule has 2 amide bonds. The first-order valence-corrected chi connectivity index (χ1v) is 22.3. The average Bonchev–Trinajstić information content (AvgIpc) is 3.79. The van der Waals surface area contributed by atoms with Gasteiger partial charge < -0.3 is 39.4 Å². The highest BCUT2D eigenvalue weighted by atomic mass is 16.8. The molecular formula is C49H57N3O11. The minimum atomic E-state index is -1.49. The van der Waals surface area contributed by atoms with Crippen molar-refractivity contribution in [2.75, 3.05) is 13.2 Å². The lowest BCUT2D eigenvalue weighted by Gasteiger charge is -2.48. The van der Waals surface area contributed by atoms with Crippen LogP contribution < -0.4 is 10.6 Å². The molecular weight excluding hydrogens is 807 g/mol. The molecule has 6 aliphatic rings. The van der Waals surface area contributed by atoms with Crippen molar-refractivity contribution in [1.29, 1.82) is 0 Å². The number of hydroxylamine groups is 2.